The summed E-state index contributed by atoms with van der Waals surface area (Å²) in [7, 11) is 0. The highest BCUT2D eigenvalue weighted by Gasteiger charge is 2.24. The van der Waals surface area contributed by atoms with Crippen molar-refractivity contribution >= 4 is 60.8 Å². The largest absolute Gasteiger partial charge is 0.309 e. The molecule has 0 amide bonds. The quantitative estimate of drug-likeness (QED) is 0.200. The monoisotopic (exact) mass is 564 g/mol. The number of aliphatic imine (C=N–C) groups is 2. The van der Waals surface area contributed by atoms with Gasteiger partial charge in [-0.25, -0.2) is 4.99 Å². The molecular formula is C40H28N4. The highest BCUT2D eigenvalue weighted by molar-refractivity contribution is 6.50. The lowest BCUT2D eigenvalue weighted by molar-refractivity contribution is 0.963. The fourth-order valence-electron chi connectivity index (χ4n) is 6.84. The Kier molecular flexibility index (Phi) is 5.60. The molecule has 0 fully saturated rings. The molecule has 0 saturated carbocycles. The molecule has 0 N–H and O–H groups in total. The third-order valence-corrected chi connectivity index (χ3v) is 8.82. The van der Waals surface area contributed by atoms with E-state index >= 15 is 0 Å². The van der Waals surface area contributed by atoms with Crippen LogP contribution in [0.15, 0.2) is 156 Å². The average Bonchev–Trinajstić information content (AvgIpc) is 3.57. The summed E-state index contributed by atoms with van der Waals surface area (Å²) >= 11 is 0. The molecule has 0 saturated heterocycles. The van der Waals surface area contributed by atoms with Crippen LogP contribution in [0.1, 0.15) is 11.1 Å². The molecule has 0 atom stereocenters. The molecule has 0 aliphatic carbocycles. The van der Waals surface area contributed by atoms with E-state index in [1.807, 2.05) is 0 Å². The van der Waals surface area contributed by atoms with Gasteiger partial charge in [0.2, 0.25) is 0 Å². The normalized spacial score (nSPS) is 15.9. The van der Waals surface area contributed by atoms with E-state index in [1.54, 1.807) is 0 Å². The van der Waals surface area contributed by atoms with Crippen LogP contribution in [0.5, 0.6) is 0 Å². The molecule has 6 aromatic carbocycles. The summed E-state index contributed by atoms with van der Waals surface area (Å²) in [5.41, 5.74) is 9.92. The van der Waals surface area contributed by atoms with Crippen LogP contribution in [0.3, 0.4) is 0 Å². The van der Waals surface area contributed by atoms with E-state index in [0.29, 0.717) is 6.54 Å². The van der Waals surface area contributed by atoms with Gasteiger partial charge in [-0.15, -0.1) is 0 Å². The van der Waals surface area contributed by atoms with E-state index in [1.165, 1.54) is 38.1 Å². The second kappa shape index (κ2) is 9.92. The van der Waals surface area contributed by atoms with Crippen molar-refractivity contribution in [3.05, 3.63) is 157 Å². The van der Waals surface area contributed by atoms with Gasteiger partial charge in [0.1, 0.15) is 5.71 Å². The summed E-state index contributed by atoms with van der Waals surface area (Å²) in [5.74, 6) is 0.844. The van der Waals surface area contributed by atoms with Gasteiger partial charge >= 0.3 is 0 Å². The van der Waals surface area contributed by atoms with Crippen LogP contribution in [0, 0.1) is 0 Å². The van der Waals surface area contributed by atoms with Crippen molar-refractivity contribution in [3.63, 3.8) is 0 Å². The van der Waals surface area contributed by atoms with Gasteiger partial charge in [-0.3, -0.25) is 9.56 Å². The highest BCUT2D eigenvalue weighted by Crippen LogP contribution is 2.39. The number of fused-ring (bicyclic) bond motifs is 7. The molecule has 0 unspecified atom stereocenters. The smallest absolute Gasteiger partial charge is 0.164 e. The number of para-hydroxylation sites is 4. The molecule has 1 aliphatic rings. The third-order valence-electron chi connectivity index (χ3n) is 8.82. The second-order valence-corrected chi connectivity index (χ2v) is 11.3. The van der Waals surface area contributed by atoms with Gasteiger partial charge in [0.05, 0.1) is 27.8 Å². The minimum absolute atomic E-state index is 0.698. The highest BCUT2D eigenvalue weighted by atomic mass is 15.1. The summed E-state index contributed by atoms with van der Waals surface area (Å²) in [4.78, 5) is 10.7. The molecule has 4 nitrogen and oxygen atoms in total. The van der Waals surface area contributed by atoms with E-state index in [9.17, 15) is 0 Å². The van der Waals surface area contributed by atoms with E-state index < -0.39 is 0 Å². The first kappa shape index (κ1) is 24.8. The van der Waals surface area contributed by atoms with E-state index in [2.05, 4.69) is 155 Å². The molecular weight excluding hydrogens is 536 g/mol. The summed E-state index contributed by atoms with van der Waals surface area (Å²) in [5, 5.41) is 4.89. The van der Waals surface area contributed by atoms with Gasteiger partial charge in [-0.05, 0) is 54.4 Å². The van der Waals surface area contributed by atoms with Crippen molar-refractivity contribution in [2.75, 3.05) is 6.54 Å². The van der Waals surface area contributed by atoms with Crippen molar-refractivity contribution in [1.29, 1.82) is 0 Å². The fraction of sp³-hybridized carbons (Fsp3) is 0.0500. The molecule has 208 valence electrons. The molecule has 8 aromatic rings. The van der Waals surface area contributed by atoms with Gasteiger partial charge in [0, 0.05) is 39.3 Å². The Morgan fingerprint density at radius 3 is 1.82 bits per heavy atom. The van der Waals surface area contributed by atoms with E-state index in [-0.39, 0.29) is 0 Å². The fourth-order valence-corrected chi connectivity index (χ4v) is 6.84. The SMILES string of the molecule is c1ccc(C2=N/CCc3ccccc3/N=C\2n2c3ccccc3c3cc4c5ccccc5n(-c5ccccc5)c4cc32)cc1. The number of hydrogen-bond acceptors (Lipinski definition) is 2. The van der Waals surface area contributed by atoms with Gasteiger partial charge < -0.3 is 4.57 Å². The van der Waals surface area contributed by atoms with Gasteiger partial charge in [-0.1, -0.05) is 103 Å². The number of nitrogens with zero attached hydrogens (tertiary/aromatic N) is 4. The molecule has 2 aromatic heterocycles. The summed E-state index contributed by atoms with van der Waals surface area (Å²) in [6.07, 6.45) is 0.855. The van der Waals surface area contributed by atoms with Gasteiger partial charge in [0.15, 0.2) is 5.84 Å². The maximum atomic E-state index is 5.45. The molecule has 4 heteroatoms. The second-order valence-electron chi connectivity index (χ2n) is 11.3. The maximum Gasteiger partial charge on any atom is 0.164 e. The van der Waals surface area contributed by atoms with Gasteiger partial charge in [0.25, 0.3) is 0 Å². The van der Waals surface area contributed by atoms with Crippen LogP contribution in [0.4, 0.5) is 5.69 Å². The predicted octanol–water partition coefficient (Wildman–Crippen LogP) is 9.52. The van der Waals surface area contributed by atoms with Crippen molar-refractivity contribution in [1.82, 2.24) is 9.13 Å². The number of benzene rings is 6. The van der Waals surface area contributed by atoms with Crippen molar-refractivity contribution in [2.24, 2.45) is 9.98 Å². The maximum absolute atomic E-state index is 5.45. The first-order valence-electron chi connectivity index (χ1n) is 15.1. The summed E-state index contributed by atoms with van der Waals surface area (Å²) in [6.45, 7) is 0.698. The Morgan fingerprint density at radius 1 is 0.477 bits per heavy atom. The van der Waals surface area contributed by atoms with Crippen LogP contribution in [-0.2, 0) is 6.42 Å². The number of rotatable bonds is 2. The van der Waals surface area contributed by atoms with Crippen LogP contribution in [0.2, 0.25) is 0 Å². The molecule has 1 aliphatic heterocycles. The lowest BCUT2D eigenvalue weighted by atomic mass is 10.1. The van der Waals surface area contributed by atoms with Gasteiger partial charge in [-0.2, -0.15) is 0 Å². The van der Waals surface area contributed by atoms with Crippen molar-refractivity contribution < 1.29 is 0 Å². The van der Waals surface area contributed by atoms with Crippen molar-refractivity contribution in [2.45, 2.75) is 6.42 Å². The molecule has 0 spiro atoms. The summed E-state index contributed by atoms with van der Waals surface area (Å²) < 4.78 is 4.72. The van der Waals surface area contributed by atoms with Crippen LogP contribution in [-0.4, -0.2) is 27.2 Å². The van der Waals surface area contributed by atoms with Crippen LogP contribution >= 0.6 is 0 Å². The first-order chi connectivity index (χ1) is 21.8. The van der Waals surface area contributed by atoms with Crippen molar-refractivity contribution in [3.8, 4) is 5.69 Å². The predicted molar refractivity (Wildman–Crippen MR) is 184 cm³/mol. The number of aromatic nitrogens is 2. The molecule has 3 heterocycles. The lowest BCUT2D eigenvalue weighted by Gasteiger charge is -2.18. The third kappa shape index (κ3) is 3.78. The van der Waals surface area contributed by atoms with Crippen LogP contribution < -0.4 is 0 Å². The molecule has 0 radical (unpaired) electrons. The average molecular weight is 565 g/mol. The lowest BCUT2D eigenvalue weighted by Crippen LogP contribution is -2.25. The van der Waals surface area contributed by atoms with E-state index in [0.717, 1.165) is 45.9 Å². The molecule has 44 heavy (non-hydrogen) atoms. The zero-order valence-electron chi connectivity index (χ0n) is 24.1. The number of hydrogen-bond donors (Lipinski definition) is 0. The van der Waals surface area contributed by atoms with E-state index in [4.69, 9.17) is 9.98 Å². The Labute approximate surface area is 254 Å². The molecule has 0 bridgehead atoms. The Bertz CT molecular complexity index is 2430. The standard InChI is InChI=1S/C40H28N4/c1-3-14-28(15-4-1)39-40(42-34-20-10-7-13-27(34)23-24-41-39)44-36-22-12-9-19-31(36)33-25-32-30-18-8-11-21-35(30)43(37(32)26-38(33)44)29-16-5-2-6-17-29/h1-22,25-26H,23-24H2/b41-39-,42-40+. The Balaban J connectivity index is 1.44. The summed E-state index contributed by atoms with van der Waals surface area (Å²) in [6, 6.07) is 51.7. The zero-order valence-corrected chi connectivity index (χ0v) is 24.1. The molecule has 9 rings (SSSR count). The Hall–Kier alpha value is -5.74. The first-order valence-corrected chi connectivity index (χ1v) is 15.1. The topological polar surface area (TPSA) is 34.6 Å². The Morgan fingerprint density at radius 2 is 1.07 bits per heavy atom. The minimum Gasteiger partial charge on any atom is -0.309 e. The minimum atomic E-state index is 0.698. The van der Waals surface area contributed by atoms with Crippen LogP contribution in [0.25, 0.3) is 49.3 Å². The zero-order chi connectivity index (χ0) is 29.0.